The number of likely N-dealkylation sites (N-methyl/N-ethyl adjacent to an activating group) is 1. The minimum atomic E-state index is -1.66. The van der Waals surface area contributed by atoms with Crippen molar-refractivity contribution in [2.45, 2.75) is 103 Å². The number of benzene rings is 1. The quantitative estimate of drug-likeness (QED) is 0.0604. The zero-order valence-corrected chi connectivity index (χ0v) is 33.6. The standard InChI is InChI=1S/C37H57N7O11S/c1-7-22(4)32(36(54)39-20-29(46)41-25(17-21(2)3)34(52)42-24(33(38)51)15-16-56-6)44(5)37(55)27(18-23-11-9-8-10-12-23)43-35(53)26(19-31(49)50)40-28(45)13-14-30(47)48/h8-12,21-22,24-27,32H,7,13-20H2,1-6H3,(H2,38,51)(H,39,54)(H,40,45)(H,41,46)(H,42,52)(H,43,53)(H,47,48)(H,49,50)/t22-,24-,25-,26-,27-,32-/m0/s1. The number of primary amides is 1. The van der Waals surface area contributed by atoms with E-state index in [4.69, 9.17) is 10.8 Å². The molecule has 0 bridgehead atoms. The Labute approximate surface area is 331 Å². The topological polar surface area (TPSA) is 284 Å². The first-order valence-electron chi connectivity index (χ1n) is 18.3. The van der Waals surface area contributed by atoms with Gasteiger partial charge in [0.25, 0.3) is 0 Å². The molecule has 1 aromatic carbocycles. The number of carboxylic acids is 2. The van der Waals surface area contributed by atoms with Gasteiger partial charge in [-0.3, -0.25) is 43.2 Å². The molecule has 19 heteroatoms. The van der Waals surface area contributed by atoms with E-state index in [0.717, 1.165) is 4.90 Å². The number of hydrogen-bond donors (Lipinski definition) is 8. The molecule has 0 aliphatic rings. The lowest BCUT2D eigenvalue weighted by Crippen LogP contribution is -2.59. The van der Waals surface area contributed by atoms with Crippen molar-refractivity contribution in [3.05, 3.63) is 35.9 Å². The highest BCUT2D eigenvalue weighted by molar-refractivity contribution is 7.98. The van der Waals surface area contributed by atoms with E-state index in [9.17, 15) is 48.3 Å². The van der Waals surface area contributed by atoms with Crippen LogP contribution in [0.3, 0.4) is 0 Å². The number of aliphatic carboxylic acids is 2. The molecular formula is C37H57N7O11S. The normalized spacial score (nSPS) is 14.1. The van der Waals surface area contributed by atoms with Crippen LogP contribution in [0.1, 0.15) is 71.8 Å². The lowest BCUT2D eigenvalue weighted by molar-refractivity contribution is -0.145. The van der Waals surface area contributed by atoms with E-state index in [-0.39, 0.29) is 18.8 Å². The Hall–Kier alpha value is -5.20. The van der Waals surface area contributed by atoms with Crippen LogP contribution < -0.4 is 32.3 Å². The van der Waals surface area contributed by atoms with Crippen LogP contribution in [-0.4, -0.2) is 124 Å². The van der Waals surface area contributed by atoms with E-state index in [1.54, 1.807) is 44.2 Å². The maximum Gasteiger partial charge on any atom is 0.305 e. The molecule has 1 aromatic rings. The summed E-state index contributed by atoms with van der Waals surface area (Å²) in [7, 11) is 1.35. The first-order valence-corrected chi connectivity index (χ1v) is 19.7. The number of nitrogens with zero attached hydrogens (tertiary/aromatic N) is 1. The van der Waals surface area contributed by atoms with Gasteiger partial charge in [0.05, 0.1) is 19.4 Å². The van der Waals surface area contributed by atoms with Gasteiger partial charge in [0.15, 0.2) is 0 Å². The molecule has 0 radical (unpaired) electrons. The molecule has 7 amide bonds. The Bertz CT molecular complexity index is 1530. The Kier molecular flexibility index (Phi) is 21.8. The molecular weight excluding hydrogens is 751 g/mol. The summed E-state index contributed by atoms with van der Waals surface area (Å²) in [6.07, 6.45) is 0.746. The summed E-state index contributed by atoms with van der Waals surface area (Å²) in [5.41, 5.74) is 6.07. The minimum absolute atomic E-state index is 0.0368. The maximum absolute atomic E-state index is 14.2. The van der Waals surface area contributed by atoms with Crippen molar-refractivity contribution in [1.82, 2.24) is 31.5 Å². The van der Waals surface area contributed by atoms with E-state index < -0.39 is 115 Å². The molecule has 0 fully saturated rings. The summed E-state index contributed by atoms with van der Waals surface area (Å²) >= 11 is 1.47. The summed E-state index contributed by atoms with van der Waals surface area (Å²) in [6, 6.07) is 2.37. The van der Waals surface area contributed by atoms with Crippen LogP contribution in [0.25, 0.3) is 0 Å². The number of nitrogens with one attached hydrogen (secondary N) is 5. The first kappa shape index (κ1) is 48.8. The Morgan fingerprint density at radius 1 is 0.768 bits per heavy atom. The number of amides is 7. The van der Waals surface area contributed by atoms with Crippen LogP contribution in [0.15, 0.2) is 30.3 Å². The van der Waals surface area contributed by atoms with Gasteiger partial charge < -0.3 is 47.4 Å². The van der Waals surface area contributed by atoms with Gasteiger partial charge in [-0.1, -0.05) is 64.4 Å². The highest BCUT2D eigenvalue weighted by Gasteiger charge is 2.37. The van der Waals surface area contributed by atoms with Crippen LogP contribution in [0.5, 0.6) is 0 Å². The number of carbonyl (C=O) groups is 9. The van der Waals surface area contributed by atoms with Gasteiger partial charge in [0, 0.05) is 19.9 Å². The van der Waals surface area contributed by atoms with Crippen LogP contribution in [0.2, 0.25) is 0 Å². The number of thioether (sulfide) groups is 1. The van der Waals surface area contributed by atoms with Crippen molar-refractivity contribution >= 4 is 65.1 Å². The summed E-state index contributed by atoms with van der Waals surface area (Å²) < 4.78 is 0. The van der Waals surface area contributed by atoms with Crippen molar-refractivity contribution in [2.75, 3.05) is 25.6 Å². The molecule has 0 spiro atoms. The number of nitrogens with two attached hydrogens (primary N) is 1. The van der Waals surface area contributed by atoms with Crippen LogP contribution in [0.4, 0.5) is 0 Å². The van der Waals surface area contributed by atoms with Crippen molar-refractivity contribution in [1.29, 1.82) is 0 Å². The largest absolute Gasteiger partial charge is 0.481 e. The number of carbonyl (C=O) groups excluding carboxylic acids is 7. The fourth-order valence-electron chi connectivity index (χ4n) is 5.63. The van der Waals surface area contributed by atoms with E-state index >= 15 is 0 Å². The van der Waals surface area contributed by atoms with Crippen LogP contribution >= 0.6 is 11.8 Å². The molecule has 18 nitrogen and oxygen atoms in total. The van der Waals surface area contributed by atoms with E-state index in [0.29, 0.717) is 24.2 Å². The summed E-state index contributed by atoms with van der Waals surface area (Å²) in [5.74, 6) is -8.04. The molecule has 1 rings (SSSR count). The fraction of sp³-hybridized carbons (Fsp3) is 0.595. The minimum Gasteiger partial charge on any atom is -0.481 e. The summed E-state index contributed by atoms with van der Waals surface area (Å²) in [4.78, 5) is 115. The zero-order chi connectivity index (χ0) is 42.5. The average molecular weight is 808 g/mol. The van der Waals surface area contributed by atoms with Gasteiger partial charge in [0.1, 0.15) is 30.2 Å². The Balaban J connectivity index is 3.27. The molecule has 56 heavy (non-hydrogen) atoms. The first-order chi connectivity index (χ1) is 26.3. The third-order valence-electron chi connectivity index (χ3n) is 8.76. The molecule has 0 aliphatic carbocycles. The van der Waals surface area contributed by atoms with E-state index in [2.05, 4.69) is 26.6 Å². The predicted octanol–water partition coefficient (Wildman–Crippen LogP) is -0.218. The lowest BCUT2D eigenvalue weighted by atomic mass is 9.95. The van der Waals surface area contributed by atoms with Crippen molar-refractivity contribution < 1.29 is 53.4 Å². The van der Waals surface area contributed by atoms with E-state index in [1.165, 1.54) is 18.8 Å². The van der Waals surface area contributed by atoms with Crippen molar-refractivity contribution in [2.24, 2.45) is 17.6 Å². The van der Waals surface area contributed by atoms with Gasteiger partial charge in [0.2, 0.25) is 41.4 Å². The number of rotatable bonds is 26. The number of hydrogen-bond acceptors (Lipinski definition) is 10. The molecule has 0 aromatic heterocycles. The van der Waals surface area contributed by atoms with Crippen LogP contribution in [0, 0.1) is 11.8 Å². The Morgan fingerprint density at radius 3 is 1.89 bits per heavy atom. The smallest absolute Gasteiger partial charge is 0.305 e. The van der Waals surface area contributed by atoms with Gasteiger partial charge in [-0.2, -0.15) is 11.8 Å². The summed E-state index contributed by atoms with van der Waals surface area (Å²) in [5, 5.41) is 30.8. The van der Waals surface area contributed by atoms with Gasteiger partial charge in [-0.05, 0) is 42.2 Å². The molecule has 0 heterocycles. The summed E-state index contributed by atoms with van der Waals surface area (Å²) in [6.45, 7) is 6.62. The van der Waals surface area contributed by atoms with Crippen molar-refractivity contribution in [3.63, 3.8) is 0 Å². The van der Waals surface area contributed by atoms with Gasteiger partial charge >= 0.3 is 11.9 Å². The highest BCUT2D eigenvalue weighted by atomic mass is 32.2. The van der Waals surface area contributed by atoms with Gasteiger partial charge in [-0.15, -0.1) is 0 Å². The maximum atomic E-state index is 14.2. The molecule has 0 saturated heterocycles. The van der Waals surface area contributed by atoms with Gasteiger partial charge in [-0.25, -0.2) is 0 Å². The SMILES string of the molecule is CC[C@H](C)[C@@H](C(=O)NCC(=O)N[C@@H](CC(C)C)C(=O)N[C@@H](CCSC)C(N)=O)N(C)C(=O)[C@H](Cc1ccccc1)NC(=O)[C@H](CC(=O)O)NC(=O)CCC(=O)O. The zero-order valence-electron chi connectivity index (χ0n) is 32.8. The Morgan fingerprint density at radius 2 is 1.36 bits per heavy atom. The fourth-order valence-corrected chi connectivity index (χ4v) is 6.10. The van der Waals surface area contributed by atoms with Crippen molar-refractivity contribution in [3.8, 4) is 0 Å². The predicted molar refractivity (Wildman–Crippen MR) is 208 cm³/mol. The molecule has 6 atom stereocenters. The lowest BCUT2D eigenvalue weighted by Gasteiger charge is -2.34. The second-order valence-corrected chi connectivity index (χ2v) is 14.8. The highest BCUT2D eigenvalue weighted by Crippen LogP contribution is 2.17. The third-order valence-corrected chi connectivity index (χ3v) is 9.41. The van der Waals surface area contributed by atoms with Crippen LogP contribution in [-0.2, 0) is 49.6 Å². The molecule has 312 valence electrons. The monoisotopic (exact) mass is 807 g/mol. The number of carboxylic acid groups (broad SMARTS) is 2. The average Bonchev–Trinajstić information content (AvgIpc) is 3.13. The molecule has 0 unspecified atom stereocenters. The second kappa shape index (κ2) is 25.1. The van der Waals surface area contributed by atoms with E-state index in [1.807, 2.05) is 20.1 Å². The molecule has 0 aliphatic heterocycles. The molecule has 9 N–H and O–H groups in total. The second-order valence-electron chi connectivity index (χ2n) is 13.9. The third kappa shape index (κ3) is 18.0. The molecule has 0 saturated carbocycles.